The summed E-state index contributed by atoms with van der Waals surface area (Å²) in [6, 6.07) is 0. The molecule has 2 saturated heterocycles. The lowest BCUT2D eigenvalue weighted by atomic mass is 9.96. The van der Waals surface area contributed by atoms with E-state index in [-0.39, 0.29) is 0 Å². The van der Waals surface area contributed by atoms with E-state index in [4.69, 9.17) is 4.74 Å². The quantitative estimate of drug-likeness (QED) is 0.804. The highest BCUT2D eigenvalue weighted by Gasteiger charge is 2.24. The largest absolute Gasteiger partial charge is 0.381 e. The van der Waals surface area contributed by atoms with Crippen LogP contribution in [0.5, 0.6) is 0 Å². The van der Waals surface area contributed by atoms with Gasteiger partial charge in [0.05, 0.1) is 12.3 Å². The van der Waals surface area contributed by atoms with Crippen molar-refractivity contribution in [3.63, 3.8) is 0 Å². The number of piperidine rings is 1. The normalized spacial score (nSPS) is 24.7. The number of ether oxygens (including phenoxy) is 1. The average Bonchev–Trinajstić information content (AvgIpc) is 3.14. The van der Waals surface area contributed by atoms with Gasteiger partial charge >= 0.3 is 0 Å². The Morgan fingerprint density at radius 2 is 2.05 bits per heavy atom. The highest BCUT2D eigenvalue weighted by atomic mass is 16.5. The van der Waals surface area contributed by atoms with Crippen LogP contribution in [-0.4, -0.2) is 52.7 Å². The number of aryl methyl sites for hydroxylation is 1. The third-order valence-corrected chi connectivity index (χ3v) is 4.79. The summed E-state index contributed by atoms with van der Waals surface area (Å²) >= 11 is 0. The zero-order chi connectivity index (χ0) is 14.5. The molecule has 21 heavy (non-hydrogen) atoms. The Balaban J connectivity index is 1.40. The summed E-state index contributed by atoms with van der Waals surface area (Å²) in [5, 5.41) is 8.51. The first kappa shape index (κ1) is 15.0. The van der Waals surface area contributed by atoms with Crippen LogP contribution >= 0.6 is 0 Å². The number of hydrogen-bond donors (Lipinski definition) is 0. The number of hydrogen-bond acceptors (Lipinski definition) is 4. The topological polar surface area (TPSA) is 43.2 Å². The highest BCUT2D eigenvalue weighted by Crippen LogP contribution is 2.22. The second kappa shape index (κ2) is 7.36. The van der Waals surface area contributed by atoms with Gasteiger partial charge < -0.3 is 9.64 Å². The van der Waals surface area contributed by atoms with Crippen molar-refractivity contribution in [1.82, 2.24) is 19.9 Å². The van der Waals surface area contributed by atoms with Crippen LogP contribution in [0.2, 0.25) is 0 Å². The van der Waals surface area contributed by atoms with Crippen molar-refractivity contribution in [2.45, 2.75) is 45.6 Å². The number of nitrogens with zero attached hydrogens (tertiary/aromatic N) is 4. The lowest BCUT2D eigenvalue weighted by Crippen LogP contribution is -2.38. The molecule has 0 saturated carbocycles. The first-order valence-corrected chi connectivity index (χ1v) is 8.52. The standard InChI is InChI=1S/C16H28N4O/c1-2-3-16-12-20(18-17-16)11-14-4-7-19(8-5-14)10-15-6-9-21-13-15/h12,14-15H,2-11,13H2,1H3. The van der Waals surface area contributed by atoms with Crippen molar-refractivity contribution in [2.24, 2.45) is 11.8 Å². The Morgan fingerprint density at radius 3 is 2.76 bits per heavy atom. The first-order chi connectivity index (χ1) is 10.3. The zero-order valence-corrected chi connectivity index (χ0v) is 13.2. The van der Waals surface area contributed by atoms with E-state index in [1.54, 1.807) is 0 Å². The van der Waals surface area contributed by atoms with Gasteiger partial charge in [0, 0.05) is 25.9 Å². The molecular formula is C16H28N4O. The fraction of sp³-hybridized carbons (Fsp3) is 0.875. The van der Waals surface area contributed by atoms with Crippen LogP contribution in [0.15, 0.2) is 6.20 Å². The molecule has 0 aromatic carbocycles. The molecule has 3 rings (SSSR count). The summed E-state index contributed by atoms with van der Waals surface area (Å²) in [6.07, 6.45) is 8.14. The third-order valence-electron chi connectivity index (χ3n) is 4.79. The summed E-state index contributed by atoms with van der Waals surface area (Å²) in [5.74, 6) is 1.53. The van der Waals surface area contributed by atoms with Crippen LogP contribution in [0.1, 0.15) is 38.3 Å². The summed E-state index contributed by atoms with van der Waals surface area (Å²) in [4.78, 5) is 2.62. The van der Waals surface area contributed by atoms with E-state index < -0.39 is 0 Å². The van der Waals surface area contributed by atoms with Crippen LogP contribution in [0.3, 0.4) is 0 Å². The van der Waals surface area contributed by atoms with Crippen LogP contribution in [-0.2, 0) is 17.7 Å². The van der Waals surface area contributed by atoms with E-state index >= 15 is 0 Å². The van der Waals surface area contributed by atoms with Crippen molar-refractivity contribution in [3.8, 4) is 0 Å². The van der Waals surface area contributed by atoms with Gasteiger partial charge in [-0.15, -0.1) is 5.10 Å². The Morgan fingerprint density at radius 1 is 1.19 bits per heavy atom. The highest BCUT2D eigenvalue weighted by molar-refractivity contribution is 4.92. The fourth-order valence-electron chi connectivity index (χ4n) is 3.51. The van der Waals surface area contributed by atoms with E-state index in [1.165, 1.54) is 38.9 Å². The molecule has 1 aromatic heterocycles. The third kappa shape index (κ3) is 4.27. The van der Waals surface area contributed by atoms with Crippen molar-refractivity contribution >= 4 is 0 Å². The number of aromatic nitrogens is 3. The van der Waals surface area contributed by atoms with Crippen molar-refractivity contribution < 1.29 is 4.74 Å². The van der Waals surface area contributed by atoms with Crippen LogP contribution < -0.4 is 0 Å². The van der Waals surface area contributed by atoms with Crippen LogP contribution in [0.25, 0.3) is 0 Å². The van der Waals surface area contributed by atoms with Crippen LogP contribution in [0, 0.1) is 11.8 Å². The van der Waals surface area contributed by atoms with E-state index in [9.17, 15) is 0 Å². The number of rotatable bonds is 6. The van der Waals surface area contributed by atoms with E-state index in [2.05, 4.69) is 33.0 Å². The van der Waals surface area contributed by atoms with Gasteiger partial charge in [-0.25, -0.2) is 0 Å². The molecule has 0 amide bonds. The molecule has 0 bridgehead atoms. The molecule has 1 aromatic rings. The van der Waals surface area contributed by atoms with E-state index in [0.717, 1.165) is 50.1 Å². The molecule has 1 atom stereocenters. The van der Waals surface area contributed by atoms with Gasteiger partial charge in [0.25, 0.3) is 0 Å². The smallest absolute Gasteiger partial charge is 0.0827 e. The molecule has 0 spiro atoms. The minimum atomic E-state index is 0.761. The molecule has 3 heterocycles. The number of likely N-dealkylation sites (tertiary alicyclic amines) is 1. The van der Waals surface area contributed by atoms with E-state index in [0.29, 0.717) is 0 Å². The molecule has 2 fully saturated rings. The fourth-order valence-corrected chi connectivity index (χ4v) is 3.51. The minimum Gasteiger partial charge on any atom is -0.381 e. The Bertz CT molecular complexity index is 420. The van der Waals surface area contributed by atoms with Gasteiger partial charge in [-0.2, -0.15) is 0 Å². The second-order valence-electron chi connectivity index (χ2n) is 6.66. The SMILES string of the molecule is CCCc1cn(CC2CCN(CC3CCOC3)CC2)nn1. The summed E-state index contributed by atoms with van der Waals surface area (Å²) < 4.78 is 7.53. The predicted octanol–water partition coefficient (Wildman–Crippen LogP) is 1.98. The second-order valence-corrected chi connectivity index (χ2v) is 6.66. The summed E-state index contributed by atoms with van der Waals surface area (Å²) in [5.41, 5.74) is 1.14. The summed E-state index contributed by atoms with van der Waals surface area (Å²) in [7, 11) is 0. The van der Waals surface area contributed by atoms with Gasteiger partial charge in [0.2, 0.25) is 0 Å². The Labute approximate surface area is 127 Å². The molecule has 0 aliphatic carbocycles. The van der Waals surface area contributed by atoms with E-state index in [1.807, 2.05) is 0 Å². The molecule has 5 nitrogen and oxygen atoms in total. The monoisotopic (exact) mass is 292 g/mol. The van der Waals surface area contributed by atoms with Crippen LogP contribution in [0.4, 0.5) is 0 Å². The molecule has 2 aliphatic rings. The maximum Gasteiger partial charge on any atom is 0.0827 e. The van der Waals surface area contributed by atoms with Gasteiger partial charge in [0.15, 0.2) is 0 Å². The van der Waals surface area contributed by atoms with Gasteiger partial charge in [0.1, 0.15) is 0 Å². The molecular weight excluding hydrogens is 264 g/mol. The van der Waals surface area contributed by atoms with Crippen molar-refractivity contribution in [2.75, 3.05) is 32.8 Å². The molecule has 2 aliphatic heterocycles. The average molecular weight is 292 g/mol. The Kier molecular flexibility index (Phi) is 5.25. The molecule has 0 radical (unpaired) electrons. The molecule has 5 heteroatoms. The molecule has 0 N–H and O–H groups in total. The zero-order valence-electron chi connectivity index (χ0n) is 13.2. The Hall–Kier alpha value is -0.940. The predicted molar refractivity (Wildman–Crippen MR) is 82.1 cm³/mol. The van der Waals surface area contributed by atoms with Crippen molar-refractivity contribution in [1.29, 1.82) is 0 Å². The maximum absolute atomic E-state index is 5.48. The first-order valence-electron chi connectivity index (χ1n) is 8.52. The molecule has 118 valence electrons. The van der Waals surface area contributed by atoms with Gasteiger partial charge in [-0.3, -0.25) is 4.68 Å². The maximum atomic E-state index is 5.48. The minimum absolute atomic E-state index is 0.761. The lowest BCUT2D eigenvalue weighted by Gasteiger charge is -2.33. The molecule has 1 unspecified atom stereocenters. The van der Waals surface area contributed by atoms with Crippen molar-refractivity contribution in [3.05, 3.63) is 11.9 Å². The summed E-state index contributed by atoms with van der Waals surface area (Å²) in [6.45, 7) is 8.86. The van der Waals surface area contributed by atoms with Gasteiger partial charge in [-0.05, 0) is 50.6 Å². The van der Waals surface area contributed by atoms with Gasteiger partial charge in [-0.1, -0.05) is 18.6 Å². The lowest BCUT2D eigenvalue weighted by molar-refractivity contribution is 0.134.